The smallest absolute Gasteiger partial charge is 0.216 e. The topological polar surface area (TPSA) is 80.3 Å². The van der Waals surface area contributed by atoms with Gasteiger partial charge in [0.15, 0.2) is 9.84 Å². The van der Waals surface area contributed by atoms with Crippen LogP contribution in [-0.2, 0) is 25.6 Å². The second kappa shape index (κ2) is 7.04. The van der Waals surface area contributed by atoms with Crippen molar-refractivity contribution < 1.29 is 16.8 Å². The number of hydrogen-bond acceptors (Lipinski definition) is 4. The number of rotatable bonds is 6. The van der Waals surface area contributed by atoms with E-state index in [9.17, 15) is 16.8 Å². The van der Waals surface area contributed by atoms with E-state index in [1.54, 1.807) is 31.2 Å². The summed E-state index contributed by atoms with van der Waals surface area (Å²) in [6.45, 7) is 3.67. The molecule has 0 amide bonds. The maximum Gasteiger partial charge on any atom is 0.216 e. The SMILES string of the molecule is Cc1ccc(CS(=O)(=O)N[C@@H](C)c2ccc(S(C)(=O)=O)cc2)cc1. The Hall–Kier alpha value is -1.70. The highest BCUT2D eigenvalue weighted by molar-refractivity contribution is 7.90. The molecule has 7 heteroatoms. The molecule has 2 aromatic rings. The van der Waals surface area contributed by atoms with Crippen molar-refractivity contribution in [1.29, 1.82) is 0 Å². The molecule has 0 aliphatic carbocycles. The first-order chi connectivity index (χ1) is 11.1. The minimum absolute atomic E-state index is 0.0982. The third-order valence-corrected chi connectivity index (χ3v) is 6.20. The molecule has 1 N–H and O–H groups in total. The van der Waals surface area contributed by atoms with Crippen LogP contribution in [0.15, 0.2) is 53.4 Å². The Kier molecular flexibility index (Phi) is 5.47. The normalized spacial score (nSPS) is 13.6. The van der Waals surface area contributed by atoms with E-state index in [2.05, 4.69) is 4.72 Å². The van der Waals surface area contributed by atoms with Gasteiger partial charge in [0.1, 0.15) is 0 Å². The molecule has 0 fully saturated rings. The predicted octanol–water partition coefficient (Wildman–Crippen LogP) is 2.58. The Labute approximate surface area is 143 Å². The van der Waals surface area contributed by atoms with Crippen LogP contribution in [0.3, 0.4) is 0 Å². The van der Waals surface area contributed by atoms with Gasteiger partial charge in [-0.15, -0.1) is 0 Å². The van der Waals surface area contributed by atoms with Crippen molar-refractivity contribution in [2.24, 2.45) is 0 Å². The zero-order chi connectivity index (χ0) is 18.0. The van der Waals surface area contributed by atoms with Crippen molar-refractivity contribution in [2.45, 2.75) is 30.5 Å². The first-order valence-electron chi connectivity index (χ1n) is 7.42. The lowest BCUT2D eigenvalue weighted by Crippen LogP contribution is -2.28. The quantitative estimate of drug-likeness (QED) is 0.851. The van der Waals surface area contributed by atoms with Crippen molar-refractivity contribution in [3.8, 4) is 0 Å². The first-order valence-corrected chi connectivity index (χ1v) is 11.0. The van der Waals surface area contributed by atoms with Gasteiger partial charge >= 0.3 is 0 Å². The maximum absolute atomic E-state index is 12.3. The van der Waals surface area contributed by atoms with Gasteiger partial charge < -0.3 is 0 Å². The van der Waals surface area contributed by atoms with E-state index in [0.29, 0.717) is 11.1 Å². The third-order valence-electron chi connectivity index (χ3n) is 3.64. The number of benzene rings is 2. The summed E-state index contributed by atoms with van der Waals surface area (Å²) in [7, 11) is -6.76. The summed E-state index contributed by atoms with van der Waals surface area (Å²) >= 11 is 0. The molecular formula is C17H21NO4S2. The monoisotopic (exact) mass is 367 g/mol. The van der Waals surface area contributed by atoms with Crippen LogP contribution in [0, 0.1) is 6.92 Å². The van der Waals surface area contributed by atoms with E-state index < -0.39 is 25.9 Å². The van der Waals surface area contributed by atoms with Gasteiger partial charge in [0.05, 0.1) is 10.6 Å². The number of sulfone groups is 1. The highest BCUT2D eigenvalue weighted by atomic mass is 32.2. The Morgan fingerprint density at radius 3 is 1.96 bits per heavy atom. The average Bonchev–Trinajstić information content (AvgIpc) is 2.48. The summed E-state index contributed by atoms with van der Waals surface area (Å²) in [5, 5.41) is 0. The number of aryl methyl sites for hydroxylation is 1. The lowest BCUT2D eigenvalue weighted by atomic mass is 10.1. The van der Waals surface area contributed by atoms with Crippen LogP contribution >= 0.6 is 0 Å². The van der Waals surface area contributed by atoms with Gasteiger partial charge in [0.25, 0.3) is 0 Å². The Balaban J connectivity index is 2.10. The summed E-state index contributed by atoms with van der Waals surface area (Å²) in [6.07, 6.45) is 1.13. The van der Waals surface area contributed by atoms with Crippen LogP contribution in [0.25, 0.3) is 0 Å². The molecule has 24 heavy (non-hydrogen) atoms. The van der Waals surface area contributed by atoms with E-state index >= 15 is 0 Å². The van der Waals surface area contributed by atoms with Crippen LogP contribution in [0.5, 0.6) is 0 Å². The van der Waals surface area contributed by atoms with Gasteiger partial charge in [-0.1, -0.05) is 42.0 Å². The van der Waals surface area contributed by atoms with Gasteiger partial charge in [-0.05, 0) is 37.1 Å². The Bertz CT molecular complexity index is 900. The molecule has 0 aliphatic rings. The van der Waals surface area contributed by atoms with Crippen LogP contribution in [0.2, 0.25) is 0 Å². The average molecular weight is 367 g/mol. The van der Waals surface area contributed by atoms with Crippen molar-refractivity contribution in [2.75, 3.05) is 6.26 Å². The minimum Gasteiger partial charge on any atom is -0.224 e. The molecule has 0 bridgehead atoms. The van der Waals surface area contributed by atoms with Gasteiger partial charge in [0.2, 0.25) is 10.0 Å². The molecule has 0 unspecified atom stereocenters. The van der Waals surface area contributed by atoms with Crippen LogP contribution in [0.1, 0.15) is 29.7 Å². The molecule has 0 saturated carbocycles. The largest absolute Gasteiger partial charge is 0.224 e. The van der Waals surface area contributed by atoms with E-state index in [4.69, 9.17) is 0 Å². The molecule has 1 atom stereocenters. The van der Waals surface area contributed by atoms with Crippen molar-refractivity contribution in [3.63, 3.8) is 0 Å². The van der Waals surface area contributed by atoms with E-state index in [1.165, 1.54) is 12.1 Å². The highest BCUT2D eigenvalue weighted by Crippen LogP contribution is 2.18. The zero-order valence-electron chi connectivity index (χ0n) is 13.9. The number of nitrogens with one attached hydrogen (secondary N) is 1. The standard InChI is InChI=1S/C17H21NO4S2/c1-13-4-6-15(7-5-13)12-24(21,22)18-14(2)16-8-10-17(11-9-16)23(3,19)20/h4-11,14,18H,12H2,1-3H3/t14-/m0/s1. The molecule has 0 aliphatic heterocycles. The van der Waals surface area contributed by atoms with Crippen molar-refractivity contribution in [1.82, 2.24) is 4.72 Å². The summed E-state index contributed by atoms with van der Waals surface area (Å²) in [4.78, 5) is 0.209. The Morgan fingerprint density at radius 2 is 1.46 bits per heavy atom. The van der Waals surface area contributed by atoms with Gasteiger partial charge in [-0.2, -0.15) is 0 Å². The molecular weight excluding hydrogens is 346 g/mol. The van der Waals surface area contributed by atoms with Gasteiger partial charge in [-0.25, -0.2) is 21.6 Å². The lowest BCUT2D eigenvalue weighted by Gasteiger charge is -2.15. The second-order valence-corrected chi connectivity index (χ2v) is 9.70. The first kappa shape index (κ1) is 18.6. The molecule has 0 aromatic heterocycles. The van der Waals surface area contributed by atoms with Crippen LogP contribution < -0.4 is 4.72 Å². The third kappa shape index (κ3) is 5.15. The fourth-order valence-corrected chi connectivity index (χ4v) is 4.31. The van der Waals surface area contributed by atoms with Crippen LogP contribution in [-0.4, -0.2) is 23.1 Å². The highest BCUT2D eigenvalue weighted by Gasteiger charge is 2.17. The van der Waals surface area contributed by atoms with E-state index in [-0.39, 0.29) is 10.6 Å². The van der Waals surface area contributed by atoms with E-state index in [1.807, 2.05) is 19.1 Å². The van der Waals surface area contributed by atoms with Crippen molar-refractivity contribution in [3.05, 3.63) is 65.2 Å². The summed E-state index contributed by atoms with van der Waals surface area (Å²) in [5.74, 6) is -0.0982. The van der Waals surface area contributed by atoms with Crippen molar-refractivity contribution >= 4 is 19.9 Å². The van der Waals surface area contributed by atoms with Gasteiger partial charge in [0, 0.05) is 12.3 Å². The number of hydrogen-bond donors (Lipinski definition) is 1. The Morgan fingerprint density at radius 1 is 0.917 bits per heavy atom. The lowest BCUT2D eigenvalue weighted by molar-refractivity contribution is 0.565. The molecule has 2 aromatic carbocycles. The predicted molar refractivity (Wildman–Crippen MR) is 94.9 cm³/mol. The molecule has 0 saturated heterocycles. The fourth-order valence-electron chi connectivity index (χ4n) is 2.29. The summed E-state index contributed by atoms with van der Waals surface area (Å²) in [6, 6.07) is 13.1. The molecule has 130 valence electrons. The van der Waals surface area contributed by atoms with Crippen LogP contribution in [0.4, 0.5) is 0 Å². The second-order valence-electron chi connectivity index (χ2n) is 5.93. The molecule has 0 heterocycles. The van der Waals surface area contributed by atoms with E-state index in [0.717, 1.165) is 11.8 Å². The van der Waals surface area contributed by atoms with Gasteiger partial charge in [-0.3, -0.25) is 0 Å². The summed E-state index contributed by atoms with van der Waals surface area (Å²) in [5.41, 5.74) is 2.49. The molecule has 0 spiro atoms. The fraction of sp³-hybridized carbons (Fsp3) is 0.294. The maximum atomic E-state index is 12.3. The zero-order valence-corrected chi connectivity index (χ0v) is 15.5. The number of sulfonamides is 1. The molecule has 0 radical (unpaired) electrons. The molecule has 5 nitrogen and oxygen atoms in total. The minimum atomic E-state index is -3.50. The summed E-state index contributed by atoms with van der Waals surface area (Å²) < 4.78 is 50.1. The molecule has 2 rings (SSSR count).